The molecule has 0 radical (unpaired) electrons. The first-order chi connectivity index (χ1) is 14.0. The number of amides is 1. The Hall–Kier alpha value is -3.30. The summed E-state index contributed by atoms with van der Waals surface area (Å²) in [5.74, 6) is -0.351. The third-order valence-electron chi connectivity index (χ3n) is 5.44. The van der Waals surface area contributed by atoms with Gasteiger partial charge in [-0.25, -0.2) is 5.48 Å². The standard InChI is InChI=1S/C23H26N4O2/c1-15-11-22-19(12-17(15)13-24)20(18-7-6-8-21(25)16(18)2)14-27(22)10-5-3-4-9-23(28)26-29/h6-8,11-12,14,29H,3-5,9-10,25H2,1-2H3,(H,26,28). The number of carbonyl (C=O) groups is 1. The van der Waals surface area contributed by atoms with Gasteiger partial charge in [0.15, 0.2) is 0 Å². The minimum absolute atomic E-state index is 0.321. The maximum atomic E-state index is 11.1. The van der Waals surface area contributed by atoms with Crippen LogP contribution in [0, 0.1) is 25.2 Å². The number of nitrogen functional groups attached to an aromatic ring is 1. The van der Waals surface area contributed by atoms with Gasteiger partial charge in [0.1, 0.15) is 0 Å². The van der Waals surface area contributed by atoms with Gasteiger partial charge in [0.05, 0.1) is 11.6 Å². The molecule has 0 aliphatic heterocycles. The number of nitrogens with one attached hydrogen (secondary N) is 1. The van der Waals surface area contributed by atoms with Gasteiger partial charge < -0.3 is 10.3 Å². The molecule has 1 amide bonds. The van der Waals surface area contributed by atoms with Crippen molar-refractivity contribution in [3.05, 3.63) is 53.2 Å². The molecule has 150 valence electrons. The van der Waals surface area contributed by atoms with Crippen molar-refractivity contribution in [2.24, 2.45) is 0 Å². The zero-order chi connectivity index (χ0) is 21.0. The first kappa shape index (κ1) is 20.4. The summed E-state index contributed by atoms with van der Waals surface area (Å²) in [5.41, 5.74) is 14.4. The molecule has 0 aliphatic carbocycles. The number of nitriles is 1. The average Bonchev–Trinajstić information content (AvgIpc) is 3.06. The van der Waals surface area contributed by atoms with E-state index in [0.717, 1.165) is 64.7 Å². The van der Waals surface area contributed by atoms with Crippen LogP contribution in [0.1, 0.15) is 42.4 Å². The lowest BCUT2D eigenvalue weighted by molar-refractivity contribution is -0.129. The van der Waals surface area contributed by atoms with Gasteiger partial charge in [-0.1, -0.05) is 18.6 Å². The van der Waals surface area contributed by atoms with Gasteiger partial charge in [0, 0.05) is 41.3 Å². The largest absolute Gasteiger partial charge is 0.398 e. The Bertz CT molecular complexity index is 1090. The van der Waals surface area contributed by atoms with Crippen LogP contribution in [0.5, 0.6) is 0 Å². The molecule has 0 spiro atoms. The minimum Gasteiger partial charge on any atom is -0.398 e. The third-order valence-corrected chi connectivity index (χ3v) is 5.44. The molecule has 4 N–H and O–H groups in total. The van der Waals surface area contributed by atoms with Gasteiger partial charge in [0.2, 0.25) is 5.91 Å². The number of aromatic nitrogens is 1. The summed E-state index contributed by atoms with van der Waals surface area (Å²) in [6.07, 6.45) is 4.98. The second-order valence-corrected chi connectivity index (χ2v) is 7.40. The normalized spacial score (nSPS) is 10.8. The van der Waals surface area contributed by atoms with Crippen molar-refractivity contribution in [2.45, 2.75) is 46.1 Å². The number of rotatable bonds is 7. The molecule has 29 heavy (non-hydrogen) atoms. The van der Waals surface area contributed by atoms with Crippen molar-refractivity contribution in [1.82, 2.24) is 10.0 Å². The molecule has 2 aromatic carbocycles. The van der Waals surface area contributed by atoms with Crippen molar-refractivity contribution in [2.75, 3.05) is 5.73 Å². The number of anilines is 1. The van der Waals surface area contributed by atoms with Gasteiger partial charge in [-0.05, 0) is 61.6 Å². The van der Waals surface area contributed by atoms with Crippen molar-refractivity contribution in [3.8, 4) is 17.2 Å². The lowest BCUT2D eigenvalue weighted by Crippen LogP contribution is -2.17. The fraction of sp³-hybridized carbons (Fsp3) is 0.304. The molecule has 6 heteroatoms. The molecule has 0 saturated carbocycles. The van der Waals surface area contributed by atoms with Gasteiger partial charge in [-0.2, -0.15) is 5.26 Å². The Kier molecular flexibility index (Phi) is 6.20. The highest BCUT2D eigenvalue weighted by molar-refractivity contribution is 5.98. The molecule has 0 bridgehead atoms. The first-order valence-corrected chi connectivity index (χ1v) is 9.78. The van der Waals surface area contributed by atoms with E-state index in [4.69, 9.17) is 10.9 Å². The van der Waals surface area contributed by atoms with Crippen LogP contribution >= 0.6 is 0 Å². The van der Waals surface area contributed by atoms with Crippen molar-refractivity contribution in [1.29, 1.82) is 5.26 Å². The Labute approximate surface area is 170 Å². The van der Waals surface area contributed by atoms with E-state index in [2.05, 4.69) is 29.0 Å². The quantitative estimate of drug-likeness (QED) is 0.240. The predicted octanol–water partition coefficient (Wildman–Crippen LogP) is 4.44. The monoisotopic (exact) mass is 390 g/mol. The molecule has 0 fully saturated rings. The van der Waals surface area contributed by atoms with Crippen LogP contribution in [0.25, 0.3) is 22.0 Å². The van der Waals surface area contributed by atoms with Gasteiger partial charge in [-0.15, -0.1) is 0 Å². The number of hydroxylamine groups is 1. The maximum absolute atomic E-state index is 11.1. The fourth-order valence-electron chi connectivity index (χ4n) is 3.71. The van der Waals surface area contributed by atoms with E-state index in [-0.39, 0.29) is 5.91 Å². The lowest BCUT2D eigenvalue weighted by atomic mass is 9.97. The van der Waals surface area contributed by atoms with Crippen molar-refractivity contribution in [3.63, 3.8) is 0 Å². The van der Waals surface area contributed by atoms with Crippen LogP contribution in [0.3, 0.4) is 0 Å². The Balaban J connectivity index is 1.96. The van der Waals surface area contributed by atoms with E-state index in [1.165, 1.54) is 0 Å². The molecule has 0 unspecified atom stereocenters. The van der Waals surface area contributed by atoms with Crippen LogP contribution in [-0.2, 0) is 11.3 Å². The fourth-order valence-corrected chi connectivity index (χ4v) is 3.71. The number of carbonyl (C=O) groups excluding carboxylic acids is 1. The molecule has 1 heterocycles. The number of benzene rings is 2. The summed E-state index contributed by atoms with van der Waals surface area (Å²) >= 11 is 0. The smallest absolute Gasteiger partial charge is 0.243 e. The Morgan fingerprint density at radius 2 is 2.00 bits per heavy atom. The van der Waals surface area contributed by atoms with Crippen LogP contribution in [-0.4, -0.2) is 15.7 Å². The summed E-state index contributed by atoms with van der Waals surface area (Å²) in [6.45, 7) is 4.78. The molecule has 3 aromatic rings. The van der Waals surface area contributed by atoms with Gasteiger partial charge in [-0.3, -0.25) is 10.0 Å². The summed E-state index contributed by atoms with van der Waals surface area (Å²) in [5, 5.41) is 19.1. The van der Waals surface area contributed by atoms with Gasteiger partial charge >= 0.3 is 0 Å². The summed E-state index contributed by atoms with van der Waals surface area (Å²) in [6, 6.07) is 12.2. The summed E-state index contributed by atoms with van der Waals surface area (Å²) < 4.78 is 2.22. The number of nitrogens with two attached hydrogens (primary N) is 1. The number of hydrogen-bond acceptors (Lipinski definition) is 4. The Morgan fingerprint density at radius 1 is 1.21 bits per heavy atom. The average molecular weight is 390 g/mol. The van der Waals surface area contributed by atoms with Crippen LogP contribution in [0.4, 0.5) is 5.69 Å². The number of fused-ring (bicyclic) bond motifs is 1. The predicted molar refractivity (Wildman–Crippen MR) is 114 cm³/mol. The molecule has 0 saturated heterocycles. The molecular weight excluding hydrogens is 364 g/mol. The molecule has 1 aromatic heterocycles. The topological polar surface area (TPSA) is 104 Å². The zero-order valence-electron chi connectivity index (χ0n) is 16.8. The second-order valence-electron chi connectivity index (χ2n) is 7.40. The van der Waals surface area contributed by atoms with Gasteiger partial charge in [0.25, 0.3) is 0 Å². The van der Waals surface area contributed by atoms with E-state index in [1.807, 2.05) is 32.0 Å². The molecular formula is C23H26N4O2. The highest BCUT2D eigenvalue weighted by Gasteiger charge is 2.15. The van der Waals surface area contributed by atoms with Crippen molar-refractivity contribution < 1.29 is 10.0 Å². The van der Waals surface area contributed by atoms with Crippen molar-refractivity contribution >= 4 is 22.5 Å². The summed E-state index contributed by atoms with van der Waals surface area (Å²) in [7, 11) is 0. The number of nitrogens with zero attached hydrogens (tertiary/aromatic N) is 2. The molecule has 3 rings (SSSR count). The minimum atomic E-state index is -0.351. The Morgan fingerprint density at radius 3 is 2.72 bits per heavy atom. The first-order valence-electron chi connectivity index (χ1n) is 9.78. The number of aryl methyl sites for hydroxylation is 2. The highest BCUT2D eigenvalue weighted by Crippen LogP contribution is 2.36. The molecule has 0 atom stereocenters. The number of unbranched alkanes of at least 4 members (excludes halogenated alkanes) is 2. The second kappa shape index (κ2) is 8.80. The van der Waals surface area contributed by atoms with E-state index in [0.29, 0.717) is 12.0 Å². The molecule has 0 aliphatic rings. The van der Waals surface area contributed by atoms with E-state index in [1.54, 1.807) is 5.48 Å². The van der Waals surface area contributed by atoms with Crippen LogP contribution in [0.15, 0.2) is 36.5 Å². The summed E-state index contributed by atoms with van der Waals surface area (Å²) in [4.78, 5) is 11.1. The third kappa shape index (κ3) is 4.25. The molecule has 6 nitrogen and oxygen atoms in total. The number of hydrogen-bond donors (Lipinski definition) is 3. The van der Waals surface area contributed by atoms with E-state index < -0.39 is 0 Å². The maximum Gasteiger partial charge on any atom is 0.243 e. The van der Waals surface area contributed by atoms with Crippen LogP contribution < -0.4 is 11.2 Å². The SMILES string of the molecule is Cc1cc2c(cc1C#N)c(-c1cccc(N)c1C)cn2CCCCCC(=O)NO. The van der Waals surface area contributed by atoms with Crippen LogP contribution in [0.2, 0.25) is 0 Å². The zero-order valence-corrected chi connectivity index (χ0v) is 16.8. The van der Waals surface area contributed by atoms with E-state index >= 15 is 0 Å². The highest BCUT2D eigenvalue weighted by atomic mass is 16.5. The van der Waals surface area contributed by atoms with E-state index in [9.17, 15) is 10.1 Å². The lowest BCUT2D eigenvalue weighted by Gasteiger charge is -2.08.